The lowest BCUT2D eigenvalue weighted by Crippen LogP contribution is -2.26. The van der Waals surface area contributed by atoms with Crippen molar-refractivity contribution in [2.75, 3.05) is 6.61 Å². The Morgan fingerprint density at radius 3 is 2.33 bits per heavy atom. The third-order valence-corrected chi connectivity index (χ3v) is 3.13. The summed E-state index contributed by atoms with van der Waals surface area (Å²) in [5.41, 5.74) is 1.02. The van der Waals surface area contributed by atoms with Gasteiger partial charge in [-0.2, -0.15) is 13.2 Å². The van der Waals surface area contributed by atoms with Crippen molar-refractivity contribution in [1.29, 1.82) is 0 Å². The summed E-state index contributed by atoms with van der Waals surface area (Å²) in [6.07, 6.45) is -4.69. The average molecular weight is 325 g/mol. The first-order valence-corrected chi connectivity index (χ1v) is 6.45. The normalized spacial score (nSPS) is 15.4. The van der Waals surface area contributed by atoms with Crippen LogP contribution < -0.4 is 0 Å². The Hall–Kier alpha value is -0.550. The van der Waals surface area contributed by atoms with Gasteiger partial charge in [-0.3, -0.25) is 0 Å². The Morgan fingerprint density at radius 1 is 1.17 bits per heavy atom. The van der Waals surface area contributed by atoms with Crippen molar-refractivity contribution in [2.24, 2.45) is 0 Å². The molecular formula is C13H16BrF3O. The van der Waals surface area contributed by atoms with Gasteiger partial charge in [0.25, 0.3) is 0 Å². The maximum Gasteiger partial charge on any atom is 0.390 e. The number of halogens is 4. The highest BCUT2D eigenvalue weighted by Crippen LogP contribution is 2.35. The van der Waals surface area contributed by atoms with Gasteiger partial charge in [-0.05, 0) is 18.9 Å². The third kappa shape index (κ3) is 7.01. The Kier molecular flexibility index (Phi) is 5.66. The number of rotatable bonds is 6. The number of alkyl halides is 4. The van der Waals surface area contributed by atoms with Crippen LogP contribution in [-0.2, 0) is 11.3 Å². The summed E-state index contributed by atoms with van der Waals surface area (Å²) in [7, 11) is 0. The zero-order valence-corrected chi connectivity index (χ0v) is 11.7. The molecule has 1 rings (SSSR count). The van der Waals surface area contributed by atoms with Gasteiger partial charge in [0, 0.05) is 10.9 Å². The van der Waals surface area contributed by atoms with E-state index in [-0.39, 0.29) is 0 Å². The number of hydrogen-bond acceptors (Lipinski definition) is 1. The van der Waals surface area contributed by atoms with E-state index < -0.39 is 16.9 Å². The molecule has 0 fully saturated rings. The van der Waals surface area contributed by atoms with Gasteiger partial charge in [-0.25, -0.2) is 0 Å². The summed E-state index contributed by atoms with van der Waals surface area (Å²) in [6.45, 7) is 2.26. The molecular weight excluding hydrogens is 309 g/mol. The van der Waals surface area contributed by atoms with Crippen LogP contribution in [-0.4, -0.2) is 17.1 Å². The molecule has 0 radical (unpaired) electrons. The van der Waals surface area contributed by atoms with Gasteiger partial charge in [-0.1, -0.05) is 46.3 Å². The molecule has 1 aromatic carbocycles. The molecule has 1 nitrogen and oxygen atoms in total. The van der Waals surface area contributed by atoms with Crippen molar-refractivity contribution in [2.45, 2.75) is 36.9 Å². The van der Waals surface area contributed by atoms with Gasteiger partial charge in [0.15, 0.2) is 0 Å². The molecule has 0 aliphatic carbocycles. The van der Waals surface area contributed by atoms with Crippen molar-refractivity contribution in [3.8, 4) is 0 Å². The Morgan fingerprint density at radius 2 is 1.78 bits per heavy atom. The molecule has 0 bridgehead atoms. The van der Waals surface area contributed by atoms with E-state index in [1.54, 1.807) is 0 Å². The summed E-state index contributed by atoms with van der Waals surface area (Å²) < 4.78 is 41.2. The molecule has 0 heterocycles. The second kappa shape index (κ2) is 6.57. The second-order valence-corrected chi connectivity index (χ2v) is 6.41. The minimum atomic E-state index is -4.16. The van der Waals surface area contributed by atoms with Gasteiger partial charge >= 0.3 is 6.18 Å². The van der Waals surface area contributed by atoms with E-state index in [2.05, 4.69) is 15.9 Å². The second-order valence-electron chi connectivity index (χ2n) is 4.49. The Balaban J connectivity index is 2.25. The highest BCUT2D eigenvalue weighted by molar-refractivity contribution is 9.10. The first-order chi connectivity index (χ1) is 8.29. The molecule has 0 aromatic heterocycles. The van der Waals surface area contributed by atoms with Gasteiger partial charge in [0.1, 0.15) is 0 Å². The SMILES string of the molecule is CC(Br)(CCOCc1ccccc1)CC(F)(F)F. The molecule has 0 saturated heterocycles. The predicted octanol–water partition coefficient (Wildman–Crippen LogP) is 4.70. The molecule has 0 aliphatic rings. The van der Waals surface area contributed by atoms with Gasteiger partial charge in [0.05, 0.1) is 13.0 Å². The van der Waals surface area contributed by atoms with Gasteiger partial charge in [0.2, 0.25) is 0 Å². The van der Waals surface area contributed by atoms with Crippen molar-refractivity contribution in [1.82, 2.24) is 0 Å². The van der Waals surface area contributed by atoms with E-state index in [4.69, 9.17) is 4.74 Å². The smallest absolute Gasteiger partial charge is 0.377 e. The number of ether oxygens (including phenoxy) is 1. The summed E-state index contributed by atoms with van der Waals surface area (Å²) in [5.74, 6) is 0. The molecule has 0 spiro atoms. The molecule has 0 saturated carbocycles. The largest absolute Gasteiger partial charge is 0.390 e. The zero-order chi connectivity index (χ0) is 13.6. The Labute approximate surface area is 113 Å². The summed E-state index contributed by atoms with van der Waals surface area (Å²) in [6, 6.07) is 9.54. The monoisotopic (exact) mass is 324 g/mol. The Bertz CT molecular complexity index is 349. The van der Waals surface area contributed by atoms with Crippen LogP contribution in [0.25, 0.3) is 0 Å². The van der Waals surface area contributed by atoms with Crippen molar-refractivity contribution < 1.29 is 17.9 Å². The van der Waals surface area contributed by atoms with Crippen molar-refractivity contribution in [3.63, 3.8) is 0 Å². The fourth-order valence-electron chi connectivity index (χ4n) is 1.56. The molecule has 0 aliphatic heterocycles. The molecule has 1 aromatic rings. The molecule has 1 atom stereocenters. The van der Waals surface area contributed by atoms with Crippen molar-refractivity contribution >= 4 is 15.9 Å². The summed E-state index contributed by atoms with van der Waals surface area (Å²) in [4.78, 5) is 0. The third-order valence-electron chi connectivity index (χ3n) is 2.45. The maximum absolute atomic E-state index is 12.3. The highest BCUT2D eigenvalue weighted by atomic mass is 79.9. The summed E-state index contributed by atoms with van der Waals surface area (Å²) >= 11 is 3.10. The van der Waals surface area contributed by atoms with E-state index in [0.717, 1.165) is 5.56 Å². The average Bonchev–Trinajstić information content (AvgIpc) is 2.23. The molecule has 0 amide bonds. The maximum atomic E-state index is 12.3. The van der Waals surface area contributed by atoms with Crippen LogP contribution in [0.3, 0.4) is 0 Å². The van der Waals surface area contributed by atoms with Gasteiger partial charge < -0.3 is 4.74 Å². The lowest BCUT2D eigenvalue weighted by Gasteiger charge is -2.23. The van der Waals surface area contributed by atoms with Crippen LogP contribution in [0.5, 0.6) is 0 Å². The van der Waals surface area contributed by atoms with E-state index in [9.17, 15) is 13.2 Å². The first-order valence-electron chi connectivity index (χ1n) is 5.66. The highest BCUT2D eigenvalue weighted by Gasteiger charge is 2.37. The standard InChI is InChI=1S/C13H16BrF3O/c1-12(14,10-13(15,16)17)7-8-18-9-11-5-3-2-4-6-11/h2-6H,7-10H2,1H3. The fourth-order valence-corrected chi connectivity index (χ4v) is 2.04. The molecule has 1 unspecified atom stereocenters. The van der Waals surface area contributed by atoms with E-state index in [1.807, 2.05) is 30.3 Å². The topological polar surface area (TPSA) is 9.23 Å². The quantitative estimate of drug-likeness (QED) is 0.544. The van der Waals surface area contributed by atoms with E-state index >= 15 is 0 Å². The minimum Gasteiger partial charge on any atom is -0.377 e. The predicted molar refractivity (Wildman–Crippen MR) is 68.7 cm³/mol. The first kappa shape index (κ1) is 15.5. The van der Waals surface area contributed by atoms with Gasteiger partial charge in [-0.15, -0.1) is 0 Å². The summed E-state index contributed by atoms with van der Waals surface area (Å²) in [5, 5.41) is 0. The fraction of sp³-hybridized carbons (Fsp3) is 0.538. The van der Waals surface area contributed by atoms with Crippen molar-refractivity contribution in [3.05, 3.63) is 35.9 Å². The van der Waals surface area contributed by atoms with Crippen LogP contribution in [0.1, 0.15) is 25.3 Å². The van der Waals surface area contributed by atoms with E-state index in [1.165, 1.54) is 6.92 Å². The van der Waals surface area contributed by atoms with Crippen LogP contribution >= 0.6 is 15.9 Å². The van der Waals surface area contributed by atoms with Crippen LogP contribution in [0.4, 0.5) is 13.2 Å². The number of hydrogen-bond donors (Lipinski definition) is 0. The van der Waals surface area contributed by atoms with Crippen LogP contribution in [0.2, 0.25) is 0 Å². The molecule has 102 valence electrons. The van der Waals surface area contributed by atoms with Crippen LogP contribution in [0, 0.1) is 0 Å². The number of benzene rings is 1. The minimum absolute atomic E-state index is 0.298. The molecule has 0 N–H and O–H groups in total. The van der Waals surface area contributed by atoms with Crippen LogP contribution in [0.15, 0.2) is 30.3 Å². The zero-order valence-electron chi connectivity index (χ0n) is 10.1. The molecule has 18 heavy (non-hydrogen) atoms. The lowest BCUT2D eigenvalue weighted by atomic mass is 10.0. The van der Waals surface area contributed by atoms with E-state index in [0.29, 0.717) is 19.6 Å². The molecule has 5 heteroatoms. The lowest BCUT2D eigenvalue weighted by molar-refractivity contribution is -0.140.